The molecule has 0 unspecified atom stereocenters. The summed E-state index contributed by atoms with van der Waals surface area (Å²) in [7, 11) is 6.37. The van der Waals surface area contributed by atoms with Crippen LogP contribution in [0.5, 0.6) is 0 Å². The van der Waals surface area contributed by atoms with Gasteiger partial charge in [0, 0.05) is 44.6 Å². The maximum atomic E-state index is 2.32. The molecule has 0 atom stereocenters. The van der Waals surface area contributed by atoms with Crippen LogP contribution in [-0.4, -0.2) is 27.7 Å². The number of benzene rings is 1. The summed E-state index contributed by atoms with van der Waals surface area (Å²) in [5, 5.41) is 0. The molecule has 2 nitrogen and oxygen atoms in total. The Balaban J connectivity index is 2.51. The molecule has 2 heteroatoms. The average molecular weight is 176 g/mol. The van der Waals surface area contributed by atoms with Crippen LogP contribution in [0, 0.1) is 0 Å². The molecule has 0 aliphatic carbocycles. The van der Waals surface area contributed by atoms with Crippen LogP contribution in [0.3, 0.4) is 0 Å². The summed E-state index contributed by atoms with van der Waals surface area (Å²) in [6.07, 6.45) is 1.18. The normalized spacial score (nSPS) is 14.5. The molecule has 0 aromatic heterocycles. The lowest BCUT2D eigenvalue weighted by molar-refractivity contribution is 0.953. The zero-order chi connectivity index (χ0) is 9.42. The summed E-state index contributed by atoms with van der Waals surface area (Å²) in [5.74, 6) is 0. The van der Waals surface area contributed by atoms with E-state index in [0.29, 0.717) is 0 Å². The predicted molar refractivity (Wildman–Crippen MR) is 57.7 cm³/mol. The van der Waals surface area contributed by atoms with E-state index in [9.17, 15) is 0 Å². The van der Waals surface area contributed by atoms with Crippen LogP contribution in [0.25, 0.3) is 0 Å². The molecular weight excluding hydrogens is 160 g/mol. The van der Waals surface area contributed by atoms with E-state index in [4.69, 9.17) is 0 Å². The van der Waals surface area contributed by atoms with Gasteiger partial charge in [-0.2, -0.15) is 0 Å². The summed E-state index contributed by atoms with van der Waals surface area (Å²) in [4.78, 5) is 4.51. The molecule has 0 saturated carbocycles. The van der Waals surface area contributed by atoms with Gasteiger partial charge in [0.2, 0.25) is 0 Å². The Hall–Kier alpha value is -1.18. The summed E-state index contributed by atoms with van der Waals surface area (Å²) in [5.41, 5.74) is 4.25. The van der Waals surface area contributed by atoms with Crippen molar-refractivity contribution in [1.82, 2.24) is 0 Å². The highest BCUT2D eigenvalue weighted by Gasteiger charge is 2.18. The number of rotatable bonds is 1. The summed E-state index contributed by atoms with van der Waals surface area (Å²) in [6.45, 7) is 1.15. The lowest BCUT2D eigenvalue weighted by Crippen LogP contribution is -2.12. The zero-order valence-electron chi connectivity index (χ0n) is 8.54. The van der Waals surface area contributed by atoms with E-state index in [-0.39, 0.29) is 0 Å². The molecule has 0 spiro atoms. The van der Waals surface area contributed by atoms with E-state index >= 15 is 0 Å². The largest absolute Gasteiger partial charge is 0.377 e. The zero-order valence-corrected chi connectivity index (χ0v) is 8.54. The highest BCUT2D eigenvalue weighted by molar-refractivity contribution is 5.69. The minimum absolute atomic E-state index is 1.15. The monoisotopic (exact) mass is 176 g/mol. The van der Waals surface area contributed by atoms with E-state index in [1.165, 1.54) is 23.4 Å². The Labute approximate surface area is 79.8 Å². The van der Waals surface area contributed by atoms with Gasteiger partial charge in [-0.05, 0) is 18.6 Å². The van der Waals surface area contributed by atoms with Crippen molar-refractivity contribution in [1.29, 1.82) is 0 Å². The standard InChI is InChI=1S/C11H16N2/c1-12(2)10-5-4-6-11-9(10)7-8-13(11)3/h4-6H,7-8H2,1-3H3. The van der Waals surface area contributed by atoms with Crippen molar-refractivity contribution in [3.63, 3.8) is 0 Å². The van der Waals surface area contributed by atoms with E-state index < -0.39 is 0 Å². The van der Waals surface area contributed by atoms with Gasteiger partial charge in [-0.25, -0.2) is 0 Å². The summed E-state index contributed by atoms with van der Waals surface area (Å²) < 4.78 is 0. The van der Waals surface area contributed by atoms with Gasteiger partial charge in [-0.3, -0.25) is 0 Å². The molecule has 1 heterocycles. The first-order valence-electron chi connectivity index (χ1n) is 4.70. The van der Waals surface area contributed by atoms with Crippen molar-refractivity contribution in [3.05, 3.63) is 23.8 Å². The van der Waals surface area contributed by atoms with Crippen molar-refractivity contribution in [3.8, 4) is 0 Å². The molecule has 0 amide bonds. The first-order valence-corrected chi connectivity index (χ1v) is 4.70. The Kier molecular flexibility index (Phi) is 1.91. The minimum atomic E-state index is 1.15. The molecule has 2 rings (SSSR count). The van der Waals surface area contributed by atoms with Gasteiger partial charge < -0.3 is 9.80 Å². The molecule has 1 aromatic carbocycles. The Bertz CT molecular complexity index is 318. The maximum Gasteiger partial charge on any atom is 0.0417 e. The number of likely N-dealkylation sites (N-methyl/N-ethyl adjacent to an activating group) is 1. The molecule has 1 aliphatic heterocycles. The molecule has 13 heavy (non-hydrogen) atoms. The number of anilines is 2. The molecular formula is C11H16N2. The lowest BCUT2D eigenvalue weighted by atomic mass is 10.1. The Morgan fingerprint density at radius 2 is 2.08 bits per heavy atom. The third-order valence-corrected chi connectivity index (χ3v) is 2.72. The number of fused-ring (bicyclic) bond motifs is 1. The quantitative estimate of drug-likeness (QED) is 0.643. The maximum absolute atomic E-state index is 2.32. The fraction of sp³-hybridized carbons (Fsp3) is 0.455. The topological polar surface area (TPSA) is 6.48 Å². The molecule has 0 saturated heterocycles. The molecule has 1 aromatic rings. The van der Waals surface area contributed by atoms with Gasteiger partial charge >= 0.3 is 0 Å². The van der Waals surface area contributed by atoms with Crippen molar-refractivity contribution < 1.29 is 0 Å². The lowest BCUT2D eigenvalue weighted by Gasteiger charge is -2.17. The van der Waals surface area contributed by atoms with E-state index in [1.54, 1.807) is 0 Å². The van der Waals surface area contributed by atoms with E-state index in [1.807, 2.05) is 0 Å². The van der Waals surface area contributed by atoms with Gasteiger partial charge in [-0.15, -0.1) is 0 Å². The molecule has 0 fully saturated rings. The molecule has 70 valence electrons. The minimum Gasteiger partial charge on any atom is -0.377 e. The fourth-order valence-corrected chi connectivity index (χ4v) is 2.00. The molecule has 0 N–H and O–H groups in total. The third kappa shape index (κ3) is 1.26. The SMILES string of the molecule is CN(C)c1cccc2c1CCN2C. The summed E-state index contributed by atoms with van der Waals surface area (Å²) in [6, 6.07) is 6.53. The van der Waals surface area contributed by atoms with Crippen LogP contribution >= 0.6 is 0 Å². The van der Waals surface area contributed by atoms with Crippen molar-refractivity contribution in [2.45, 2.75) is 6.42 Å². The number of hydrogen-bond acceptors (Lipinski definition) is 2. The van der Waals surface area contributed by atoms with Crippen molar-refractivity contribution >= 4 is 11.4 Å². The van der Waals surface area contributed by atoms with Crippen molar-refractivity contribution in [2.75, 3.05) is 37.5 Å². The highest BCUT2D eigenvalue weighted by atomic mass is 15.1. The highest BCUT2D eigenvalue weighted by Crippen LogP contribution is 2.33. The summed E-state index contributed by atoms with van der Waals surface area (Å²) >= 11 is 0. The second-order valence-corrected chi connectivity index (χ2v) is 3.84. The predicted octanol–water partition coefficient (Wildman–Crippen LogP) is 1.74. The van der Waals surface area contributed by atoms with E-state index in [2.05, 4.69) is 49.1 Å². The first kappa shape index (κ1) is 8.42. The smallest absolute Gasteiger partial charge is 0.0417 e. The van der Waals surface area contributed by atoms with Gasteiger partial charge in [-0.1, -0.05) is 6.07 Å². The average Bonchev–Trinajstić information content (AvgIpc) is 2.48. The van der Waals surface area contributed by atoms with Gasteiger partial charge in [0.15, 0.2) is 0 Å². The Morgan fingerprint density at radius 3 is 2.77 bits per heavy atom. The fourth-order valence-electron chi connectivity index (χ4n) is 2.00. The van der Waals surface area contributed by atoms with Crippen LogP contribution in [0.15, 0.2) is 18.2 Å². The number of hydrogen-bond donors (Lipinski definition) is 0. The van der Waals surface area contributed by atoms with Crippen LogP contribution in [-0.2, 0) is 6.42 Å². The third-order valence-electron chi connectivity index (χ3n) is 2.72. The van der Waals surface area contributed by atoms with Gasteiger partial charge in [0.1, 0.15) is 0 Å². The van der Waals surface area contributed by atoms with Crippen LogP contribution < -0.4 is 9.80 Å². The van der Waals surface area contributed by atoms with Crippen LogP contribution in [0.2, 0.25) is 0 Å². The first-order chi connectivity index (χ1) is 6.20. The Morgan fingerprint density at radius 1 is 1.31 bits per heavy atom. The second-order valence-electron chi connectivity index (χ2n) is 3.84. The molecule has 0 bridgehead atoms. The molecule has 0 radical (unpaired) electrons. The van der Waals surface area contributed by atoms with E-state index in [0.717, 1.165) is 6.54 Å². The molecule has 1 aliphatic rings. The number of nitrogens with zero attached hydrogens (tertiary/aromatic N) is 2. The van der Waals surface area contributed by atoms with Gasteiger partial charge in [0.25, 0.3) is 0 Å². The van der Waals surface area contributed by atoms with Crippen LogP contribution in [0.4, 0.5) is 11.4 Å². The van der Waals surface area contributed by atoms with Gasteiger partial charge in [0.05, 0.1) is 0 Å². The van der Waals surface area contributed by atoms with Crippen LogP contribution in [0.1, 0.15) is 5.56 Å². The van der Waals surface area contributed by atoms with Crippen molar-refractivity contribution in [2.24, 2.45) is 0 Å². The second kappa shape index (κ2) is 2.95.